The number of hydrogen-bond donors (Lipinski definition) is 1. The highest BCUT2D eigenvalue weighted by atomic mass is 32.2. The number of hydrogen-bond acceptors (Lipinski definition) is 7. The van der Waals surface area contributed by atoms with Crippen LogP contribution in [0.5, 0.6) is 0 Å². The topological polar surface area (TPSA) is 89.9 Å². The van der Waals surface area contributed by atoms with Crippen molar-refractivity contribution in [2.45, 2.75) is 45.5 Å². The Morgan fingerprint density at radius 2 is 1.89 bits per heavy atom. The van der Waals surface area contributed by atoms with Gasteiger partial charge in [0.25, 0.3) is 10.1 Å². The van der Waals surface area contributed by atoms with Gasteiger partial charge in [0.1, 0.15) is 10.6 Å². The quantitative estimate of drug-likeness (QED) is 0.463. The van der Waals surface area contributed by atoms with E-state index in [1.165, 1.54) is 11.3 Å². The van der Waals surface area contributed by atoms with Gasteiger partial charge in [0, 0.05) is 4.88 Å². The summed E-state index contributed by atoms with van der Waals surface area (Å²) in [6.07, 6.45) is -0.0531. The third-order valence-electron chi connectivity index (χ3n) is 4.11. The number of carbonyl (C=O) groups excluding carboxylic acids is 1. The van der Waals surface area contributed by atoms with Crippen LogP contribution in [0.4, 0.5) is 0 Å². The van der Waals surface area contributed by atoms with Crippen molar-refractivity contribution in [1.82, 2.24) is 0 Å². The standard InChI is InChI=1S/C20H26O6S2/c1-4-25-20(22)19-11-15(3)18(27-19)10-9-17(21)12-26-28(23,24)13-16-7-5-14(2)6-8-16/h5-8,11,17,21H,4,9-10,12-13H2,1-3H3. The molecule has 2 aromatic rings. The first kappa shape index (κ1) is 22.5. The lowest BCUT2D eigenvalue weighted by atomic mass is 10.1. The van der Waals surface area contributed by atoms with Crippen molar-refractivity contribution in [3.63, 3.8) is 0 Å². The van der Waals surface area contributed by atoms with Gasteiger partial charge in [-0.05, 0) is 50.8 Å². The van der Waals surface area contributed by atoms with Crippen LogP contribution in [0.3, 0.4) is 0 Å². The smallest absolute Gasteiger partial charge is 0.348 e. The maximum absolute atomic E-state index is 12.1. The molecule has 1 aromatic heterocycles. The molecule has 0 aliphatic rings. The third kappa shape index (κ3) is 7.01. The van der Waals surface area contributed by atoms with E-state index in [-0.39, 0.29) is 18.3 Å². The Hall–Kier alpha value is -1.74. The number of thiophene rings is 1. The molecule has 0 spiro atoms. The van der Waals surface area contributed by atoms with Crippen LogP contribution in [-0.2, 0) is 31.2 Å². The summed E-state index contributed by atoms with van der Waals surface area (Å²) in [5, 5.41) is 10.1. The molecule has 2 rings (SSSR count). The molecule has 0 fully saturated rings. The molecule has 1 N–H and O–H groups in total. The van der Waals surface area contributed by atoms with E-state index in [0.29, 0.717) is 29.9 Å². The molecule has 1 atom stereocenters. The van der Waals surface area contributed by atoms with Gasteiger partial charge in [0.15, 0.2) is 0 Å². The minimum atomic E-state index is -3.77. The molecule has 154 valence electrons. The number of aryl methyl sites for hydroxylation is 3. The van der Waals surface area contributed by atoms with Crippen LogP contribution in [0.2, 0.25) is 0 Å². The van der Waals surface area contributed by atoms with Gasteiger partial charge in [-0.1, -0.05) is 29.8 Å². The SMILES string of the molecule is CCOC(=O)c1cc(C)c(CCC(O)COS(=O)(=O)Cc2ccc(C)cc2)s1. The molecule has 0 amide bonds. The molecular formula is C20H26O6S2. The molecule has 0 saturated carbocycles. The van der Waals surface area contributed by atoms with Gasteiger partial charge in [-0.25, -0.2) is 4.79 Å². The van der Waals surface area contributed by atoms with Crippen molar-refractivity contribution in [2.75, 3.05) is 13.2 Å². The van der Waals surface area contributed by atoms with Gasteiger partial charge >= 0.3 is 5.97 Å². The van der Waals surface area contributed by atoms with E-state index in [0.717, 1.165) is 16.0 Å². The van der Waals surface area contributed by atoms with Gasteiger partial charge in [-0.3, -0.25) is 4.18 Å². The summed E-state index contributed by atoms with van der Waals surface area (Å²) in [6, 6.07) is 8.94. The Kier molecular flexibility index (Phi) is 8.18. The lowest BCUT2D eigenvalue weighted by molar-refractivity contribution is 0.0532. The van der Waals surface area contributed by atoms with Crippen LogP contribution in [0.25, 0.3) is 0 Å². The summed E-state index contributed by atoms with van der Waals surface area (Å²) < 4.78 is 34.1. The molecule has 1 aromatic carbocycles. The number of esters is 1. The number of aliphatic hydroxyl groups is 1. The zero-order valence-corrected chi connectivity index (χ0v) is 17.9. The number of ether oxygens (including phenoxy) is 1. The molecule has 1 heterocycles. The van der Waals surface area contributed by atoms with Crippen LogP contribution in [-0.4, -0.2) is 38.8 Å². The minimum absolute atomic E-state index is 0.229. The number of benzene rings is 1. The predicted octanol–water partition coefficient (Wildman–Crippen LogP) is 3.38. The Labute approximate surface area is 170 Å². The lowest BCUT2D eigenvalue weighted by Gasteiger charge is -2.11. The van der Waals surface area contributed by atoms with Crippen molar-refractivity contribution in [1.29, 1.82) is 0 Å². The predicted molar refractivity (Wildman–Crippen MR) is 109 cm³/mol. The molecule has 0 bridgehead atoms. The van der Waals surface area contributed by atoms with Crippen molar-refractivity contribution in [3.05, 3.63) is 56.8 Å². The highest BCUT2D eigenvalue weighted by Crippen LogP contribution is 2.24. The van der Waals surface area contributed by atoms with Crippen molar-refractivity contribution >= 4 is 27.4 Å². The molecule has 1 unspecified atom stereocenters. The molecular weight excluding hydrogens is 400 g/mol. The van der Waals surface area contributed by atoms with Crippen molar-refractivity contribution in [3.8, 4) is 0 Å². The Balaban J connectivity index is 1.83. The van der Waals surface area contributed by atoms with E-state index in [4.69, 9.17) is 8.92 Å². The highest BCUT2D eigenvalue weighted by molar-refractivity contribution is 7.85. The monoisotopic (exact) mass is 426 g/mol. The number of rotatable bonds is 10. The van der Waals surface area contributed by atoms with Crippen LogP contribution in [0.15, 0.2) is 30.3 Å². The van der Waals surface area contributed by atoms with Crippen molar-refractivity contribution < 1.29 is 27.2 Å². The molecule has 8 heteroatoms. The van der Waals surface area contributed by atoms with E-state index in [2.05, 4.69) is 0 Å². The Morgan fingerprint density at radius 3 is 2.54 bits per heavy atom. The third-order valence-corrected chi connectivity index (χ3v) is 6.56. The lowest BCUT2D eigenvalue weighted by Crippen LogP contribution is -2.20. The average molecular weight is 427 g/mol. The molecule has 0 radical (unpaired) electrons. The number of carbonyl (C=O) groups is 1. The summed E-state index contributed by atoms with van der Waals surface area (Å²) in [6.45, 7) is 5.60. The fraction of sp³-hybridized carbons (Fsp3) is 0.450. The van der Waals surface area contributed by atoms with Gasteiger partial charge in [-0.2, -0.15) is 8.42 Å². The van der Waals surface area contributed by atoms with E-state index in [1.54, 1.807) is 25.1 Å². The summed E-state index contributed by atoms with van der Waals surface area (Å²) in [7, 11) is -3.77. The second-order valence-corrected chi connectivity index (χ2v) is 9.38. The van der Waals surface area contributed by atoms with Crippen LogP contribution in [0.1, 0.15) is 44.6 Å². The normalized spacial score (nSPS) is 12.7. The van der Waals surface area contributed by atoms with E-state index in [9.17, 15) is 18.3 Å². The summed E-state index contributed by atoms with van der Waals surface area (Å²) in [5.74, 6) is -0.583. The number of aliphatic hydroxyl groups excluding tert-OH is 1. The van der Waals surface area contributed by atoms with Crippen LogP contribution >= 0.6 is 11.3 Å². The van der Waals surface area contributed by atoms with Gasteiger partial charge in [0.2, 0.25) is 0 Å². The summed E-state index contributed by atoms with van der Waals surface area (Å²) in [4.78, 5) is 13.3. The molecule has 0 aliphatic carbocycles. The first-order valence-electron chi connectivity index (χ1n) is 9.07. The first-order chi connectivity index (χ1) is 13.2. The van der Waals surface area contributed by atoms with Crippen LogP contribution in [0, 0.1) is 13.8 Å². The van der Waals surface area contributed by atoms with Crippen molar-refractivity contribution in [2.24, 2.45) is 0 Å². The molecule has 6 nitrogen and oxygen atoms in total. The molecule has 0 saturated heterocycles. The summed E-state index contributed by atoms with van der Waals surface area (Å²) in [5.41, 5.74) is 2.64. The zero-order valence-electron chi connectivity index (χ0n) is 16.3. The first-order valence-corrected chi connectivity index (χ1v) is 11.5. The highest BCUT2D eigenvalue weighted by Gasteiger charge is 2.17. The zero-order chi connectivity index (χ0) is 20.7. The Bertz CT molecular complexity index is 884. The van der Waals surface area contributed by atoms with E-state index in [1.807, 2.05) is 26.0 Å². The maximum Gasteiger partial charge on any atom is 0.348 e. The second kappa shape index (κ2) is 10.2. The van der Waals surface area contributed by atoms with Gasteiger partial charge in [-0.15, -0.1) is 11.3 Å². The van der Waals surface area contributed by atoms with Crippen LogP contribution < -0.4 is 0 Å². The molecule has 0 aliphatic heterocycles. The summed E-state index contributed by atoms with van der Waals surface area (Å²) >= 11 is 1.33. The maximum atomic E-state index is 12.1. The fourth-order valence-electron chi connectivity index (χ4n) is 2.56. The van der Waals surface area contributed by atoms with E-state index >= 15 is 0 Å². The van der Waals surface area contributed by atoms with Gasteiger partial charge in [0.05, 0.1) is 19.3 Å². The fourth-order valence-corrected chi connectivity index (χ4v) is 4.70. The largest absolute Gasteiger partial charge is 0.462 e. The Morgan fingerprint density at radius 1 is 1.21 bits per heavy atom. The average Bonchev–Trinajstić information content (AvgIpc) is 3.01. The second-order valence-electron chi connectivity index (χ2n) is 6.60. The minimum Gasteiger partial charge on any atom is -0.462 e. The van der Waals surface area contributed by atoms with Gasteiger partial charge < -0.3 is 9.84 Å². The molecule has 28 heavy (non-hydrogen) atoms. The van der Waals surface area contributed by atoms with E-state index < -0.39 is 16.2 Å².